The topological polar surface area (TPSA) is 78.9 Å². The number of carbonyl (C=O) groups is 3. The van der Waals surface area contributed by atoms with Crippen molar-refractivity contribution in [1.82, 2.24) is 0 Å². The van der Waals surface area contributed by atoms with Crippen LogP contribution in [0.5, 0.6) is 0 Å². The summed E-state index contributed by atoms with van der Waals surface area (Å²) >= 11 is 0. The van der Waals surface area contributed by atoms with Crippen molar-refractivity contribution in [2.75, 3.05) is 13.2 Å². The van der Waals surface area contributed by atoms with Gasteiger partial charge in [-0.3, -0.25) is 14.4 Å². The van der Waals surface area contributed by atoms with Crippen LogP contribution < -0.4 is 0 Å². The molecular weight excluding hydrogens is 865 g/mol. The Morgan fingerprint density at radius 3 is 0.943 bits per heavy atom. The number of esters is 3. The minimum Gasteiger partial charge on any atom is -0.462 e. The number of allylic oxidation sites excluding steroid dienone is 13. The van der Waals surface area contributed by atoms with Gasteiger partial charge in [-0.15, -0.1) is 0 Å². The number of rotatable bonds is 53. The Bertz CT molecular complexity index is 1350. The molecule has 402 valence electrons. The molecule has 0 spiro atoms. The molecule has 0 amide bonds. The molecule has 0 heterocycles. The van der Waals surface area contributed by atoms with Crippen molar-refractivity contribution in [3.63, 3.8) is 0 Å². The first kappa shape index (κ1) is 66.6. The Morgan fingerprint density at radius 2 is 0.600 bits per heavy atom. The Morgan fingerprint density at radius 1 is 0.314 bits per heavy atom. The highest BCUT2D eigenvalue weighted by molar-refractivity contribution is 5.72. The molecule has 0 aromatic carbocycles. The van der Waals surface area contributed by atoms with E-state index in [1.54, 1.807) is 6.08 Å². The first-order chi connectivity index (χ1) is 34.5. The standard InChI is InChI=1S/C64H110O6/c1-4-7-10-13-16-19-22-25-27-28-29-30-31-32-33-34-35-36-38-39-42-45-48-51-54-57-63(66)69-60-61(59-68-62(65)56-53-50-47-44-41-24-21-18-15-12-9-6-3)70-64(67)58-55-52-49-46-43-40-37-26-23-20-17-14-11-8-5-2/h8,11,17,20,22,25-26,28-29,37,43,46,52,55,61H,4-7,9-10,12-16,18-19,21,23-24,27,30-36,38-42,44-45,47-51,53-54,56-60H2,1-3H3/b11-8-,20-17-,25-22-,29-28-,37-26-,46-43-,55-52-. The third-order valence-corrected chi connectivity index (χ3v) is 12.7. The van der Waals surface area contributed by atoms with Gasteiger partial charge in [0.25, 0.3) is 0 Å². The monoisotopic (exact) mass is 975 g/mol. The molecule has 0 saturated heterocycles. The fourth-order valence-electron chi connectivity index (χ4n) is 8.26. The van der Waals surface area contributed by atoms with Gasteiger partial charge in [-0.2, -0.15) is 0 Å². The maximum atomic E-state index is 12.8. The Hall–Kier alpha value is -3.41. The smallest absolute Gasteiger partial charge is 0.310 e. The van der Waals surface area contributed by atoms with Crippen molar-refractivity contribution in [3.8, 4) is 0 Å². The average Bonchev–Trinajstić information content (AvgIpc) is 3.36. The van der Waals surface area contributed by atoms with Crippen LogP contribution in [-0.4, -0.2) is 37.2 Å². The zero-order chi connectivity index (χ0) is 50.7. The average molecular weight is 976 g/mol. The van der Waals surface area contributed by atoms with Crippen LogP contribution in [0.2, 0.25) is 0 Å². The molecule has 0 saturated carbocycles. The van der Waals surface area contributed by atoms with E-state index in [4.69, 9.17) is 14.2 Å². The molecule has 70 heavy (non-hydrogen) atoms. The second-order valence-corrected chi connectivity index (χ2v) is 19.5. The molecule has 0 radical (unpaired) electrons. The minimum atomic E-state index is -0.829. The minimum absolute atomic E-state index is 0.0983. The van der Waals surface area contributed by atoms with Crippen molar-refractivity contribution in [2.24, 2.45) is 0 Å². The van der Waals surface area contributed by atoms with Gasteiger partial charge < -0.3 is 14.2 Å². The molecule has 0 rings (SSSR count). The summed E-state index contributed by atoms with van der Waals surface area (Å²) in [4.78, 5) is 38.1. The number of ether oxygens (including phenoxy) is 3. The normalized spacial score (nSPS) is 12.7. The summed E-state index contributed by atoms with van der Waals surface area (Å²) in [6.07, 6.45) is 76.1. The first-order valence-electron chi connectivity index (χ1n) is 29.6. The first-order valence-corrected chi connectivity index (χ1v) is 29.6. The molecule has 0 bridgehead atoms. The van der Waals surface area contributed by atoms with Crippen LogP contribution in [0.3, 0.4) is 0 Å². The van der Waals surface area contributed by atoms with E-state index in [0.29, 0.717) is 12.8 Å². The lowest BCUT2D eigenvalue weighted by Crippen LogP contribution is -2.30. The van der Waals surface area contributed by atoms with Gasteiger partial charge in [0.15, 0.2) is 6.10 Å². The zero-order valence-electron chi connectivity index (χ0n) is 46.0. The van der Waals surface area contributed by atoms with Crippen LogP contribution in [0.25, 0.3) is 0 Å². The van der Waals surface area contributed by atoms with Gasteiger partial charge in [-0.1, -0.05) is 273 Å². The van der Waals surface area contributed by atoms with Crippen molar-refractivity contribution < 1.29 is 28.6 Å². The largest absolute Gasteiger partial charge is 0.462 e. The molecule has 0 aromatic rings. The molecule has 0 aliphatic carbocycles. The summed E-state index contributed by atoms with van der Waals surface area (Å²) in [7, 11) is 0. The van der Waals surface area contributed by atoms with Crippen LogP contribution in [0.15, 0.2) is 85.1 Å². The molecule has 0 aliphatic heterocycles. The molecule has 6 heteroatoms. The van der Waals surface area contributed by atoms with Crippen LogP contribution in [-0.2, 0) is 28.6 Å². The van der Waals surface area contributed by atoms with Gasteiger partial charge in [0, 0.05) is 12.8 Å². The molecule has 0 N–H and O–H groups in total. The van der Waals surface area contributed by atoms with Crippen molar-refractivity contribution >= 4 is 17.9 Å². The van der Waals surface area contributed by atoms with E-state index in [0.717, 1.165) is 77.0 Å². The van der Waals surface area contributed by atoms with Gasteiger partial charge in [0.1, 0.15) is 13.2 Å². The summed E-state index contributed by atoms with van der Waals surface area (Å²) in [5, 5.41) is 0. The molecule has 1 atom stereocenters. The van der Waals surface area contributed by atoms with E-state index in [2.05, 4.69) is 93.7 Å². The van der Waals surface area contributed by atoms with Crippen molar-refractivity contribution in [1.29, 1.82) is 0 Å². The second kappa shape index (κ2) is 58.2. The highest BCUT2D eigenvalue weighted by atomic mass is 16.6. The Balaban J connectivity index is 4.33. The SMILES string of the molecule is CC/C=C\C/C=C\C/C=C\C/C=C\C/C=C\CC(=O)OC(COC(=O)CCCCCCCCCCCCCC)COC(=O)CCCCCCCCCCCCCCC/C=C\C/C=C\CCCCCCC. The van der Waals surface area contributed by atoms with E-state index in [9.17, 15) is 14.4 Å². The molecule has 0 fully saturated rings. The summed E-state index contributed by atoms with van der Waals surface area (Å²) in [5.74, 6) is -1.04. The van der Waals surface area contributed by atoms with Gasteiger partial charge in [0.2, 0.25) is 0 Å². The van der Waals surface area contributed by atoms with Gasteiger partial charge in [0.05, 0.1) is 6.42 Å². The highest BCUT2D eigenvalue weighted by Crippen LogP contribution is 2.16. The molecule has 0 aromatic heterocycles. The zero-order valence-corrected chi connectivity index (χ0v) is 46.0. The molecule has 0 aliphatic rings. The summed E-state index contributed by atoms with van der Waals surface area (Å²) in [5.41, 5.74) is 0. The third-order valence-electron chi connectivity index (χ3n) is 12.7. The molecule has 1 unspecified atom stereocenters. The van der Waals surface area contributed by atoms with Gasteiger partial charge >= 0.3 is 17.9 Å². The highest BCUT2D eigenvalue weighted by Gasteiger charge is 2.19. The summed E-state index contributed by atoms with van der Waals surface area (Å²) in [6.45, 7) is 6.44. The van der Waals surface area contributed by atoms with Gasteiger partial charge in [-0.05, 0) is 77.0 Å². The maximum Gasteiger partial charge on any atom is 0.310 e. The van der Waals surface area contributed by atoms with Crippen molar-refractivity contribution in [2.45, 2.75) is 290 Å². The van der Waals surface area contributed by atoms with Gasteiger partial charge in [-0.25, -0.2) is 0 Å². The van der Waals surface area contributed by atoms with E-state index in [1.807, 2.05) is 6.08 Å². The van der Waals surface area contributed by atoms with Crippen LogP contribution >= 0.6 is 0 Å². The van der Waals surface area contributed by atoms with Crippen LogP contribution in [0, 0.1) is 0 Å². The molecular formula is C64H110O6. The number of hydrogen-bond acceptors (Lipinski definition) is 6. The second-order valence-electron chi connectivity index (χ2n) is 19.5. The van der Waals surface area contributed by atoms with Crippen LogP contribution in [0.1, 0.15) is 284 Å². The van der Waals surface area contributed by atoms with E-state index >= 15 is 0 Å². The lowest BCUT2D eigenvalue weighted by atomic mass is 10.0. The van der Waals surface area contributed by atoms with Crippen LogP contribution in [0.4, 0.5) is 0 Å². The molecule has 6 nitrogen and oxygen atoms in total. The third kappa shape index (κ3) is 55.5. The summed E-state index contributed by atoms with van der Waals surface area (Å²) in [6, 6.07) is 0. The maximum absolute atomic E-state index is 12.8. The fourth-order valence-corrected chi connectivity index (χ4v) is 8.26. The van der Waals surface area contributed by atoms with E-state index in [-0.39, 0.29) is 31.6 Å². The van der Waals surface area contributed by atoms with E-state index in [1.165, 1.54) is 167 Å². The predicted molar refractivity (Wildman–Crippen MR) is 302 cm³/mol. The fraction of sp³-hybridized carbons (Fsp3) is 0.734. The van der Waals surface area contributed by atoms with E-state index < -0.39 is 12.1 Å². The number of carbonyl (C=O) groups excluding carboxylic acids is 3. The predicted octanol–water partition coefficient (Wildman–Crippen LogP) is 19.9. The Kier molecular flexibility index (Phi) is 55.3. The van der Waals surface area contributed by atoms with Crippen molar-refractivity contribution in [3.05, 3.63) is 85.1 Å². The number of unbranched alkanes of at least 4 members (excludes halogenated alkanes) is 29. The quantitative estimate of drug-likeness (QED) is 0.0261. The lowest BCUT2D eigenvalue weighted by Gasteiger charge is -2.18. The number of hydrogen-bond donors (Lipinski definition) is 0. The summed E-state index contributed by atoms with van der Waals surface area (Å²) < 4.78 is 16.7. The lowest BCUT2D eigenvalue weighted by molar-refractivity contribution is -0.166. The Labute approximate surface area is 433 Å².